The van der Waals surface area contributed by atoms with Crippen LogP contribution in [0.15, 0.2) is 27.1 Å². The smallest absolute Gasteiger partial charge is 0.321 e. The molecule has 0 aliphatic rings. The zero-order valence-corrected chi connectivity index (χ0v) is 12.8. The molecule has 0 spiro atoms. The Morgan fingerprint density at radius 1 is 1.39 bits per heavy atom. The summed E-state index contributed by atoms with van der Waals surface area (Å²) in [7, 11) is 1.55. The van der Waals surface area contributed by atoms with Crippen molar-refractivity contribution in [2.24, 2.45) is 0 Å². The quantitative estimate of drug-likeness (QED) is 0.844. The first-order valence-electron chi connectivity index (χ1n) is 5.09. The fraction of sp³-hybridized carbons (Fsp3) is 0.273. The lowest BCUT2D eigenvalue weighted by atomic mass is 10.3. The number of aliphatic carboxylic acids is 1. The minimum atomic E-state index is -0.932. The SMILES string of the molecule is CN(CCC(=O)O)C(=O)Nc1cc(Br)ccc1Br. The van der Waals surface area contributed by atoms with Crippen molar-refractivity contribution in [1.29, 1.82) is 0 Å². The molecule has 1 aromatic rings. The second-order valence-electron chi connectivity index (χ2n) is 3.62. The van der Waals surface area contributed by atoms with Gasteiger partial charge in [0.25, 0.3) is 0 Å². The minimum Gasteiger partial charge on any atom is -0.481 e. The molecule has 2 amide bonds. The van der Waals surface area contributed by atoms with E-state index in [1.54, 1.807) is 19.2 Å². The Kier molecular flexibility index (Phi) is 5.61. The van der Waals surface area contributed by atoms with Crippen molar-refractivity contribution < 1.29 is 14.7 Å². The summed E-state index contributed by atoms with van der Waals surface area (Å²) in [5.74, 6) is -0.932. The molecule has 0 radical (unpaired) electrons. The molecule has 0 saturated heterocycles. The summed E-state index contributed by atoms with van der Waals surface area (Å²) in [6.07, 6.45) is -0.0798. The third-order valence-electron chi connectivity index (χ3n) is 2.18. The van der Waals surface area contributed by atoms with Gasteiger partial charge in [0, 0.05) is 22.5 Å². The fourth-order valence-corrected chi connectivity index (χ4v) is 1.88. The van der Waals surface area contributed by atoms with E-state index in [-0.39, 0.29) is 19.0 Å². The van der Waals surface area contributed by atoms with Crippen LogP contribution in [0.4, 0.5) is 10.5 Å². The average molecular weight is 380 g/mol. The summed E-state index contributed by atoms with van der Waals surface area (Å²) in [6, 6.07) is 5.05. The van der Waals surface area contributed by atoms with Gasteiger partial charge in [-0.15, -0.1) is 0 Å². The van der Waals surface area contributed by atoms with Gasteiger partial charge in [0.1, 0.15) is 0 Å². The first-order chi connectivity index (χ1) is 8.40. The Hall–Kier alpha value is -1.08. The molecule has 5 nitrogen and oxygen atoms in total. The molecule has 1 aromatic carbocycles. The topological polar surface area (TPSA) is 69.6 Å². The zero-order chi connectivity index (χ0) is 13.7. The number of nitrogens with one attached hydrogen (secondary N) is 1. The van der Waals surface area contributed by atoms with Crippen LogP contribution in [0.5, 0.6) is 0 Å². The normalized spacial score (nSPS) is 9.94. The molecule has 7 heteroatoms. The van der Waals surface area contributed by atoms with Crippen LogP contribution in [0.1, 0.15) is 6.42 Å². The van der Waals surface area contributed by atoms with Gasteiger partial charge in [0.2, 0.25) is 0 Å². The van der Waals surface area contributed by atoms with Gasteiger partial charge in [-0.1, -0.05) is 15.9 Å². The summed E-state index contributed by atoms with van der Waals surface area (Å²) in [4.78, 5) is 23.5. The van der Waals surface area contributed by atoms with E-state index in [9.17, 15) is 9.59 Å². The standard InChI is InChI=1S/C11H12Br2N2O3/c1-15(5-4-10(16)17)11(18)14-9-6-7(12)2-3-8(9)13/h2-3,6H,4-5H2,1H3,(H,14,18)(H,16,17). The van der Waals surface area contributed by atoms with E-state index in [2.05, 4.69) is 37.2 Å². The van der Waals surface area contributed by atoms with E-state index in [0.29, 0.717) is 5.69 Å². The number of carbonyl (C=O) groups excluding carboxylic acids is 1. The molecule has 0 heterocycles. The summed E-state index contributed by atoms with van der Waals surface area (Å²) in [5, 5.41) is 11.2. The van der Waals surface area contributed by atoms with Gasteiger partial charge in [-0.2, -0.15) is 0 Å². The number of amides is 2. The zero-order valence-electron chi connectivity index (χ0n) is 9.61. The molecule has 0 bridgehead atoms. The molecule has 2 N–H and O–H groups in total. The molecule has 0 unspecified atom stereocenters. The summed E-state index contributed by atoms with van der Waals surface area (Å²) >= 11 is 6.63. The maximum absolute atomic E-state index is 11.8. The summed E-state index contributed by atoms with van der Waals surface area (Å²) in [6.45, 7) is 0.160. The number of nitrogens with zero attached hydrogens (tertiary/aromatic N) is 1. The molecule has 0 aliphatic heterocycles. The molecular formula is C11H12Br2N2O3. The Morgan fingerprint density at radius 2 is 2.06 bits per heavy atom. The van der Waals surface area contributed by atoms with E-state index < -0.39 is 5.97 Å². The molecule has 18 heavy (non-hydrogen) atoms. The second kappa shape index (κ2) is 6.75. The lowest BCUT2D eigenvalue weighted by Crippen LogP contribution is -2.33. The lowest BCUT2D eigenvalue weighted by Gasteiger charge is -2.17. The number of carbonyl (C=O) groups is 2. The summed E-state index contributed by atoms with van der Waals surface area (Å²) in [5.41, 5.74) is 0.622. The highest BCUT2D eigenvalue weighted by Gasteiger charge is 2.11. The predicted molar refractivity (Wildman–Crippen MR) is 75.7 cm³/mol. The average Bonchev–Trinajstić information content (AvgIpc) is 2.30. The highest BCUT2D eigenvalue weighted by atomic mass is 79.9. The molecule has 0 saturated carbocycles. The Labute approximate surface area is 121 Å². The molecule has 0 fully saturated rings. The van der Waals surface area contributed by atoms with Gasteiger partial charge >= 0.3 is 12.0 Å². The van der Waals surface area contributed by atoms with Crippen LogP contribution < -0.4 is 5.32 Å². The van der Waals surface area contributed by atoms with Crippen LogP contribution in [0, 0.1) is 0 Å². The third kappa shape index (κ3) is 4.66. The molecule has 0 aromatic heterocycles. The van der Waals surface area contributed by atoms with E-state index in [0.717, 1.165) is 8.95 Å². The van der Waals surface area contributed by atoms with Gasteiger partial charge < -0.3 is 15.3 Å². The number of anilines is 1. The van der Waals surface area contributed by atoms with E-state index in [1.165, 1.54) is 4.90 Å². The van der Waals surface area contributed by atoms with Crippen LogP contribution in [-0.2, 0) is 4.79 Å². The van der Waals surface area contributed by atoms with Crippen molar-refractivity contribution >= 4 is 49.5 Å². The van der Waals surface area contributed by atoms with Gasteiger partial charge in [0.15, 0.2) is 0 Å². The van der Waals surface area contributed by atoms with Gasteiger partial charge in [-0.05, 0) is 34.1 Å². The van der Waals surface area contributed by atoms with Crippen LogP contribution in [0.2, 0.25) is 0 Å². The Balaban J connectivity index is 2.63. The largest absolute Gasteiger partial charge is 0.481 e. The van der Waals surface area contributed by atoms with Crippen molar-refractivity contribution in [2.45, 2.75) is 6.42 Å². The van der Waals surface area contributed by atoms with E-state index in [4.69, 9.17) is 5.11 Å². The monoisotopic (exact) mass is 378 g/mol. The highest BCUT2D eigenvalue weighted by Crippen LogP contribution is 2.26. The fourth-order valence-electron chi connectivity index (χ4n) is 1.17. The van der Waals surface area contributed by atoms with E-state index >= 15 is 0 Å². The Morgan fingerprint density at radius 3 is 2.67 bits per heavy atom. The van der Waals surface area contributed by atoms with Crippen molar-refractivity contribution in [1.82, 2.24) is 4.90 Å². The first kappa shape index (κ1) is 15.0. The number of carboxylic acids is 1. The minimum absolute atomic E-state index is 0.0798. The summed E-state index contributed by atoms with van der Waals surface area (Å²) < 4.78 is 1.60. The van der Waals surface area contributed by atoms with Crippen LogP contribution >= 0.6 is 31.9 Å². The number of hydrogen-bond acceptors (Lipinski definition) is 2. The van der Waals surface area contributed by atoms with Gasteiger partial charge in [-0.25, -0.2) is 4.79 Å². The van der Waals surface area contributed by atoms with Gasteiger partial charge in [-0.3, -0.25) is 4.79 Å². The van der Waals surface area contributed by atoms with E-state index in [1.807, 2.05) is 6.07 Å². The maximum Gasteiger partial charge on any atom is 0.321 e. The third-order valence-corrected chi connectivity index (χ3v) is 3.36. The van der Waals surface area contributed by atoms with Crippen molar-refractivity contribution in [2.75, 3.05) is 18.9 Å². The lowest BCUT2D eigenvalue weighted by molar-refractivity contribution is -0.137. The van der Waals surface area contributed by atoms with Gasteiger partial charge in [0.05, 0.1) is 12.1 Å². The number of carboxylic acid groups (broad SMARTS) is 1. The molecule has 0 atom stereocenters. The predicted octanol–water partition coefficient (Wildman–Crippen LogP) is 3.15. The highest BCUT2D eigenvalue weighted by molar-refractivity contribution is 9.11. The number of hydrogen-bond donors (Lipinski definition) is 2. The Bertz CT molecular complexity index is 466. The molecule has 98 valence electrons. The number of benzene rings is 1. The van der Waals surface area contributed by atoms with Crippen molar-refractivity contribution in [3.05, 3.63) is 27.1 Å². The molecule has 1 rings (SSSR count). The maximum atomic E-state index is 11.8. The number of halogens is 2. The van der Waals surface area contributed by atoms with Crippen LogP contribution in [0.25, 0.3) is 0 Å². The second-order valence-corrected chi connectivity index (χ2v) is 5.39. The number of urea groups is 1. The molecular weight excluding hydrogens is 368 g/mol. The number of rotatable bonds is 4. The van der Waals surface area contributed by atoms with Crippen molar-refractivity contribution in [3.63, 3.8) is 0 Å². The first-order valence-corrected chi connectivity index (χ1v) is 6.67. The van der Waals surface area contributed by atoms with Crippen LogP contribution in [0.3, 0.4) is 0 Å². The van der Waals surface area contributed by atoms with Crippen LogP contribution in [-0.4, -0.2) is 35.6 Å². The van der Waals surface area contributed by atoms with Crippen molar-refractivity contribution in [3.8, 4) is 0 Å². The molecule has 0 aliphatic carbocycles.